The zero-order valence-corrected chi connectivity index (χ0v) is 19.4. The zero-order chi connectivity index (χ0) is 22.9. The predicted molar refractivity (Wildman–Crippen MR) is 146 cm³/mol. The highest BCUT2D eigenvalue weighted by Crippen LogP contribution is 2.40. The van der Waals surface area contributed by atoms with E-state index >= 15 is 0 Å². The van der Waals surface area contributed by atoms with Gasteiger partial charge in [-0.15, -0.1) is 0 Å². The lowest BCUT2D eigenvalue weighted by molar-refractivity contribution is 0.985. The first kappa shape index (κ1) is 20.5. The van der Waals surface area contributed by atoms with Gasteiger partial charge in [-0.05, 0) is 77.7 Å². The molecule has 0 atom stereocenters. The van der Waals surface area contributed by atoms with Crippen LogP contribution in [0.5, 0.6) is 0 Å². The second-order valence-electron chi connectivity index (χ2n) is 9.07. The number of benzene rings is 5. The van der Waals surface area contributed by atoms with Crippen LogP contribution in [-0.2, 0) is 6.42 Å². The molecule has 0 bridgehead atoms. The molecule has 0 amide bonds. The van der Waals surface area contributed by atoms with Crippen LogP contribution in [0.15, 0.2) is 115 Å². The van der Waals surface area contributed by atoms with Crippen LogP contribution >= 0.6 is 0 Å². The summed E-state index contributed by atoms with van der Waals surface area (Å²) in [5, 5.41) is 2.50. The molecule has 0 saturated carbocycles. The van der Waals surface area contributed by atoms with E-state index in [4.69, 9.17) is 0 Å². The fraction of sp³-hybridized carbons (Fsp3) is 0.0909. The van der Waals surface area contributed by atoms with Crippen LogP contribution in [0.1, 0.15) is 23.1 Å². The fourth-order valence-corrected chi connectivity index (χ4v) is 4.93. The van der Waals surface area contributed by atoms with E-state index in [0.717, 1.165) is 18.5 Å². The topological polar surface area (TPSA) is 3.24 Å². The first-order valence-electron chi connectivity index (χ1n) is 12.0. The molecule has 5 aromatic carbocycles. The molecule has 1 aliphatic carbocycles. The number of allylic oxidation sites excluding steroid dienone is 1. The summed E-state index contributed by atoms with van der Waals surface area (Å²) in [5.74, 6) is 0. The molecule has 0 spiro atoms. The number of hydrogen-bond donors (Lipinski definition) is 0. The maximum Gasteiger partial charge on any atom is 0.0540 e. The normalized spacial score (nSPS) is 12.5. The zero-order valence-electron chi connectivity index (χ0n) is 19.4. The predicted octanol–water partition coefficient (Wildman–Crippen LogP) is 9.24. The minimum atomic E-state index is 1.12. The lowest BCUT2D eigenvalue weighted by Gasteiger charge is -2.28. The Labute approximate surface area is 201 Å². The summed E-state index contributed by atoms with van der Waals surface area (Å²) in [4.78, 5) is 2.39. The molecule has 0 heterocycles. The molecule has 0 saturated heterocycles. The summed E-state index contributed by atoms with van der Waals surface area (Å²) >= 11 is 0. The first-order valence-corrected chi connectivity index (χ1v) is 12.0. The number of fused-ring (bicyclic) bond motifs is 2. The van der Waals surface area contributed by atoms with Gasteiger partial charge in [-0.2, -0.15) is 0 Å². The monoisotopic (exact) mass is 437 g/mol. The number of hydrogen-bond acceptors (Lipinski definition) is 1. The van der Waals surface area contributed by atoms with Gasteiger partial charge < -0.3 is 4.90 Å². The lowest BCUT2D eigenvalue weighted by Crippen LogP contribution is -2.11. The fourth-order valence-electron chi connectivity index (χ4n) is 4.93. The van der Waals surface area contributed by atoms with Crippen molar-refractivity contribution in [3.63, 3.8) is 0 Å². The quantitative estimate of drug-likeness (QED) is 0.271. The van der Waals surface area contributed by atoms with Gasteiger partial charge in [-0.1, -0.05) is 96.6 Å². The van der Waals surface area contributed by atoms with E-state index in [1.165, 1.54) is 50.0 Å². The summed E-state index contributed by atoms with van der Waals surface area (Å²) in [7, 11) is 0. The van der Waals surface area contributed by atoms with Crippen molar-refractivity contribution in [1.82, 2.24) is 0 Å². The molecule has 0 fully saturated rings. The minimum absolute atomic E-state index is 1.12. The Kier molecular flexibility index (Phi) is 5.24. The third-order valence-electron chi connectivity index (χ3n) is 6.78. The smallest absolute Gasteiger partial charge is 0.0540 e. The maximum absolute atomic E-state index is 2.39. The molecule has 0 N–H and O–H groups in total. The van der Waals surface area contributed by atoms with Gasteiger partial charge in [0.1, 0.15) is 0 Å². The molecule has 0 unspecified atom stereocenters. The molecule has 1 aliphatic rings. The number of rotatable bonds is 4. The van der Waals surface area contributed by atoms with E-state index in [2.05, 4.69) is 133 Å². The van der Waals surface area contributed by atoms with Gasteiger partial charge in [-0.3, -0.25) is 0 Å². The van der Waals surface area contributed by atoms with Crippen LogP contribution in [0.2, 0.25) is 0 Å². The third kappa shape index (κ3) is 3.80. The molecule has 1 heteroatoms. The van der Waals surface area contributed by atoms with Gasteiger partial charge in [-0.25, -0.2) is 0 Å². The van der Waals surface area contributed by atoms with Gasteiger partial charge >= 0.3 is 0 Å². The van der Waals surface area contributed by atoms with E-state index in [0.29, 0.717) is 0 Å². The van der Waals surface area contributed by atoms with E-state index < -0.39 is 0 Å². The third-order valence-corrected chi connectivity index (χ3v) is 6.78. The molecular formula is C33H27N. The van der Waals surface area contributed by atoms with Crippen LogP contribution in [0.25, 0.3) is 28.0 Å². The lowest BCUT2D eigenvalue weighted by atomic mass is 9.96. The molecular weight excluding hydrogens is 410 g/mol. The molecule has 6 rings (SSSR count). The van der Waals surface area contributed by atoms with Crippen molar-refractivity contribution in [2.24, 2.45) is 0 Å². The SMILES string of the molecule is Cc1ccc(-c2ccc(N(c3ccc4c(c3)C=CCC4)c3cccc4ccccc34)cc2)cc1. The summed E-state index contributed by atoms with van der Waals surface area (Å²) in [5.41, 5.74) is 10.0. The van der Waals surface area contributed by atoms with Crippen molar-refractivity contribution >= 4 is 33.9 Å². The largest absolute Gasteiger partial charge is 0.310 e. The highest BCUT2D eigenvalue weighted by molar-refractivity contribution is 5.99. The molecule has 0 aliphatic heterocycles. The van der Waals surface area contributed by atoms with Gasteiger partial charge in [0.05, 0.1) is 5.69 Å². The van der Waals surface area contributed by atoms with Crippen LogP contribution in [-0.4, -0.2) is 0 Å². The van der Waals surface area contributed by atoms with Crippen molar-refractivity contribution in [2.45, 2.75) is 19.8 Å². The van der Waals surface area contributed by atoms with Gasteiger partial charge in [0.2, 0.25) is 0 Å². The van der Waals surface area contributed by atoms with Gasteiger partial charge in [0.25, 0.3) is 0 Å². The van der Waals surface area contributed by atoms with Crippen LogP contribution in [0.4, 0.5) is 17.1 Å². The number of anilines is 3. The van der Waals surface area contributed by atoms with Crippen molar-refractivity contribution < 1.29 is 0 Å². The highest BCUT2D eigenvalue weighted by Gasteiger charge is 2.17. The molecule has 0 radical (unpaired) electrons. The Balaban J connectivity index is 1.50. The Morgan fingerprint density at radius 3 is 2.18 bits per heavy atom. The van der Waals surface area contributed by atoms with Gasteiger partial charge in [0.15, 0.2) is 0 Å². The van der Waals surface area contributed by atoms with Crippen molar-refractivity contribution in [2.75, 3.05) is 4.90 Å². The van der Waals surface area contributed by atoms with E-state index in [1.54, 1.807) is 0 Å². The van der Waals surface area contributed by atoms with Crippen molar-refractivity contribution in [3.8, 4) is 11.1 Å². The first-order chi connectivity index (χ1) is 16.8. The standard InChI is InChI=1S/C33H27N/c1-24-13-15-26(16-14-24)27-17-20-30(21-18-27)34(31-22-19-25-7-2-3-9-29(25)23-31)33-12-6-10-28-8-4-5-11-32(28)33/h3-6,8-23H,2,7H2,1H3. The van der Waals surface area contributed by atoms with Crippen molar-refractivity contribution in [1.29, 1.82) is 0 Å². The second kappa shape index (κ2) is 8.68. The molecule has 5 aromatic rings. The Morgan fingerprint density at radius 2 is 1.35 bits per heavy atom. The average molecular weight is 438 g/mol. The maximum atomic E-state index is 2.39. The van der Waals surface area contributed by atoms with E-state index in [9.17, 15) is 0 Å². The molecule has 0 aromatic heterocycles. The highest BCUT2D eigenvalue weighted by atomic mass is 15.1. The molecule has 34 heavy (non-hydrogen) atoms. The second-order valence-corrected chi connectivity index (χ2v) is 9.07. The average Bonchev–Trinajstić information content (AvgIpc) is 2.90. The molecule has 1 nitrogen and oxygen atoms in total. The number of nitrogens with zero attached hydrogens (tertiary/aromatic N) is 1. The van der Waals surface area contributed by atoms with Gasteiger partial charge in [0, 0.05) is 16.8 Å². The summed E-state index contributed by atoms with van der Waals surface area (Å²) in [6.45, 7) is 2.13. The van der Waals surface area contributed by atoms with E-state index in [1.807, 2.05) is 0 Å². The summed E-state index contributed by atoms with van der Waals surface area (Å²) in [6.07, 6.45) is 6.79. The van der Waals surface area contributed by atoms with Crippen LogP contribution in [0.3, 0.4) is 0 Å². The Morgan fingerprint density at radius 1 is 0.647 bits per heavy atom. The van der Waals surface area contributed by atoms with Crippen LogP contribution < -0.4 is 4.90 Å². The summed E-state index contributed by atoms with van der Waals surface area (Å²) in [6, 6.07) is 39.8. The number of aryl methyl sites for hydroxylation is 2. The van der Waals surface area contributed by atoms with Crippen LogP contribution in [0, 0.1) is 6.92 Å². The van der Waals surface area contributed by atoms with E-state index in [-0.39, 0.29) is 0 Å². The molecule has 164 valence electrons. The minimum Gasteiger partial charge on any atom is -0.310 e. The Bertz CT molecular complexity index is 1490. The summed E-state index contributed by atoms with van der Waals surface area (Å²) < 4.78 is 0. The Hall–Kier alpha value is -4.10. The van der Waals surface area contributed by atoms with Crippen molar-refractivity contribution in [3.05, 3.63) is 132 Å².